The number of carbonyl (C=O) groups excluding carboxylic acids is 1. The lowest BCUT2D eigenvalue weighted by Gasteiger charge is -2.35. The molecule has 110 valence electrons. The molecule has 1 amide bonds. The van der Waals surface area contributed by atoms with Crippen LogP contribution in [0.5, 0.6) is 11.5 Å². The number of benzene rings is 1. The lowest BCUT2D eigenvalue weighted by atomic mass is 9.80. The minimum Gasteiger partial charge on any atom is -0.490 e. The zero-order chi connectivity index (χ0) is 14.6. The van der Waals surface area contributed by atoms with E-state index in [1.54, 1.807) is 0 Å². The fraction of sp³-hybridized carbons (Fsp3) is 0.533. The summed E-state index contributed by atoms with van der Waals surface area (Å²) in [7, 11) is 0. The third-order valence-electron chi connectivity index (χ3n) is 3.67. The highest BCUT2D eigenvalue weighted by Gasteiger charge is 2.38. The Balaban J connectivity index is 2.08. The molecule has 0 heterocycles. The van der Waals surface area contributed by atoms with Gasteiger partial charge in [-0.15, -0.1) is 0 Å². The van der Waals surface area contributed by atoms with Gasteiger partial charge in [0.15, 0.2) is 11.5 Å². The lowest BCUT2D eigenvalue weighted by Crippen LogP contribution is -2.56. The molecule has 1 aliphatic rings. The Bertz CT molecular complexity index is 478. The van der Waals surface area contributed by atoms with Gasteiger partial charge in [0.25, 0.3) is 0 Å². The molecule has 0 aliphatic heterocycles. The van der Waals surface area contributed by atoms with Crippen molar-refractivity contribution in [3.8, 4) is 11.5 Å². The average molecular weight is 278 g/mol. The van der Waals surface area contributed by atoms with E-state index in [1.807, 2.05) is 31.2 Å². The van der Waals surface area contributed by atoms with E-state index in [0.717, 1.165) is 12.8 Å². The summed E-state index contributed by atoms with van der Waals surface area (Å²) in [6.07, 6.45) is 2.66. The molecule has 0 aromatic heterocycles. The predicted octanol–water partition coefficient (Wildman–Crippen LogP) is 1.59. The number of para-hydroxylation sites is 2. The van der Waals surface area contributed by atoms with Gasteiger partial charge in [-0.1, -0.05) is 12.1 Å². The monoisotopic (exact) mass is 278 g/mol. The van der Waals surface area contributed by atoms with Crippen LogP contribution in [0.25, 0.3) is 0 Å². The van der Waals surface area contributed by atoms with Crippen LogP contribution in [0.3, 0.4) is 0 Å². The molecule has 0 radical (unpaired) electrons. The summed E-state index contributed by atoms with van der Waals surface area (Å²) in [4.78, 5) is 11.5. The summed E-state index contributed by atoms with van der Waals surface area (Å²) in [5.74, 6) is 0.944. The molecular weight excluding hydrogens is 256 g/mol. The SMILES string of the molecule is CCOc1ccccc1OC1CCCC(N)(C(N)=O)C1. The van der Waals surface area contributed by atoms with Crippen molar-refractivity contribution in [3.05, 3.63) is 24.3 Å². The molecule has 2 unspecified atom stereocenters. The molecule has 1 aromatic carbocycles. The second kappa shape index (κ2) is 6.13. The fourth-order valence-corrected chi connectivity index (χ4v) is 2.58. The fourth-order valence-electron chi connectivity index (χ4n) is 2.58. The summed E-state index contributed by atoms with van der Waals surface area (Å²) in [5.41, 5.74) is 10.5. The smallest absolute Gasteiger partial charge is 0.237 e. The second-order valence-electron chi connectivity index (χ2n) is 5.24. The topological polar surface area (TPSA) is 87.6 Å². The van der Waals surface area contributed by atoms with Gasteiger partial charge in [-0.3, -0.25) is 4.79 Å². The summed E-state index contributed by atoms with van der Waals surface area (Å²) < 4.78 is 11.5. The van der Waals surface area contributed by atoms with Crippen LogP contribution in [0.1, 0.15) is 32.6 Å². The molecule has 0 saturated heterocycles. The van der Waals surface area contributed by atoms with Gasteiger partial charge in [0.05, 0.1) is 12.1 Å². The number of nitrogens with two attached hydrogens (primary N) is 2. The van der Waals surface area contributed by atoms with Gasteiger partial charge < -0.3 is 20.9 Å². The number of carbonyl (C=O) groups is 1. The van der Waals surface area contributed by atoms with Gasteiger partial charge in [-0.2, -0.15) is 0 Å². The molecule has 1 aromatic rings. The van der Waals surface area contributed by atoms with Gasteiger partial charge in [0, 0.05) is 6.42 Å². The molecular formula is C15H22N2O3. The van der Waals surface area contributed by atoms with Crippen LogP contribution < -0.4 is 20.9 Å². The molecule has 1 aliphatic carbocycles. The maximum atomic E-state index is 11.5. The molecule has 1 fully saturated rings. The maximum absolute atomic E-state index is 11.5. The maximum Gasteiger partial charge on any atom is 0.237 e. The van der Waals surface area contributed by atoms with E-state index in [-0.39, 0.29) is 6.10 Å². The quantitative estimate of drug-likeness (QED) is 0.856. The first-order valence-corrected chi connectivity index (χ1v) is 7.02. The summed E-state index contributed by atoms with van der Waals surface area (Å²) in [5, 5.41) is 0. The van der Waals surface area contributed by atoms with E-state index < -0.39 is 11.4 Å². The predicted molar refractivity (Wildman–Crippen MR) is 76.6 cm³/mol. The van der Waals surface area contributed by atoms with Crippen LogP contribution in [-0.2, 0) is 4.79 Å². The highest BCUT2D eigenvalue weighted by atomic mass is 16.5. The standard InChI is InChI=1S/C15H22N2O3/c1-2-19-12-7-3-4-8-13(12)20-11-6-5-9-15(17,10-11)14(16)18/h3-4,7-8,11H,2,5-6,9-10,17H2,1H3,(H2,16,18). The Morgan fingerprint density at radius 1 is 1.40 bits per heavy atom. The molecule has 2 rings (SSSR count). The van der Waals surface area contributed by atoms with Gasteiger partial charge in [-0.05, 0) is 38.3 Å². The van der Waals surface area contributed by atoms with Gasteiger partial charge in [0.1, 0.15) is 6.10 Å². The van der Waals surface area contributed by atoms with Crippen LogP contribution in [0.15, 0.2) is 24.3 Å². The number of hydrogen-bond acceptors (Lipinski definition) is 4. The molecule has 4 N–H and O–H groups in total. The first-order valence-electron chi connectivity index (χ1n) is 7.02. The van der Waals surface area contributed by atoms with Crippen LogP contribution in [-0.4, -0.2) is 24.2 Å². The Morgan fingerprint density at radius 3 is 2.75 bits per heavy atom. The Morgan fingerprint density at radius 2 is 2.10 bits per heavy atom. The first kappa shape index (κ1) is 14.7. The Labute approximate surface area is 119 Å². The van der Waals surface area contributed by atoms with E-state index in [2.05, 4.69) is 0 Å². The van der Waals surface area contributed by atoms with Crippen molar-refractivity contribution in [2.75, 3.05) is 6.61 Å². The lowest BCUT2D eigenvalue weighted by molar-refractivity contribution is -0.125. The second-order valence-corrected chi connectivity index (χ2v) is 5.24. The Hall–Kier alpha value is -1.75. The third kappa shape index (κ3) is 3.22. The highest BCUT2D eigenvalue weighted by Crippen LogP contribution is 2.33. The number of rotatable bonds is 5. The van der Waals surface area contributed by atoms with Gasteiger partial charge >= 0.3 is 0 Å². The molecule has 5 nitrogen and oxygen atoms in total. The third-order valence-corrected chi connectivity index (χ3v) is 3.67. The van der Waals surface area contributed by atoms with E-state index in [4.69, 9.17) is 20.9 Å². The van der Waals surface area contributed by atoms with Gasteiger partial charge in [0.2, 0.25) is 5.91 Å². The zero-order valence-corrected chi connectivity index (χ0v) is 11.8. The van der Waals surface area contributed by atoms with Crippen molar-refractivity contribution < 1.29 is 14.3 Å². The van der Waals surface area contributed by atoms with Crippen molar-refractivity contribution in [2.24, 2.45) is 11.5 Å². The average Bonchev–Trinajstić information content (AvgIpc) is 2.41. The zero-order valence-electron chi connectivity index (χ0n) is 11.8. The number of ether oxygens (including phenoxy) is 2. The van der Waals surface area contributed by atoms with E-state index in [0.29, 0.717) is 30.9 Å². The highest BCUT2D eigenvalue weighted by molar-refractivity contribution is 5.84. The van der Waals surface area contributed by atoms with Crippen LogP contribution in [0, 0.1) is 0 Å². The number of amides is 1. The van der Waals surface area contributed by atoms with Crippen molar-refractivity contribution in [2.45, 2.75) is 44.2 Å². The summed E-state index contributed by atoms with van der Waals surface area (Å²) in [6, 6.07) is 7.52. The van der Waals surface area contributed by atoms with Crippen LogP contribution in [0.2, 0.25) is 0 Å². The molecule has 0 spiro atoms. The molecule has 5 heteroatoms. The van der Waals surface area contributed by atoms with E-state index in [1.165, 1.54) is 0 Å². The van der Waals surface area contributed by atoms with Crippen molar-refractivity contribution in [1.82, 2.24) is 0 Å². The van der Waals surface area contributed by atoms with Crippen molar-refractivity contribution in [1.29, 1.82) is 0 Å². The first-order chi connectivity index (χ1) is 9.55. The molecule has 2 atom stereocenters. The van der Waals surface area contributed by atoms with E-state index >= 15 is 0 Å². The summed E-state index contributed by atoms with van der Waals surface area (Å²) in [6.45, 7) is 2.50. The minimum absolute atomic E-state index is 0.108. The van der Waals surface area contributed by atoms with E-state index in [9.17, 15) is 4.79 Å². The minimum atomic E-state index is -0.955. The van der Waals surface area contributed by atoms with Crippen molar-refractivity contribution in [3.63, 3.8) is 0 Å². The number of hydrogen-bond donors (Lipinski definition) is 2. The normalized spacial score (nSPS) is 26.0. The summed E-state index contributed by atoms with van der Waals surface area (Å²) >= 11 is 0. The molecule has 20 heavy (non-hydrogen) atoms. The van der Waals surface area contributed by atoms with Crippen LogP contribution in [0.4, 0.5) is 0 Å². The largest absolute Gasteiger partial charge is 0.490 e. The molecule has 1 saturated carbocycles. The van der Waals surface area contributed by atoms with Crippen LogP contribution >= 0.6 is 0 Å². The Kier molecular flexibility index (Phi) is 4.49. The van der Waals surface area contributed by atoms with Crippen molar-refractivity contribution >= 4 is 5.91 Å². The molecule has 0 bridgehead atoms. The van der Waals surface area contributed by atoms with Gasteiger partial charge in [-0.25, -0.2) is 0 Å². The number of primary amides is 1.